The van der Waals surface area contributed by atoms with Crippen molar-refractivity contribution in [3.05, 3.63) is 28.8 Å². The van der Waals surface area contributed by atoms with Gasteiger partial charge in [0.15, 0.2) is 0 Å². The molecule has 1 aromatic carbocycles. The standard InChI is InChI=1S/C16H22N2O/c1-12-8-14(9-13(10-17)15(12)19-2)16(11-18)6-4-3-5-7-16/h8-9H,3-7,11,18H2,1-2H3. The number of aryl methyl sites for hydroxylation is 1. The van der Waals surface area contributed by atoms with E-state index >= 15 is 0 Å². The zero-order valence-corrected chi connectivity index (χ0v) is 11.8. The van der Waals surface area contributed by atoms with Crippen LogP contribution in [-0.2, 0) is 5.41 Å². The third kappa shape index (κ3) is 2.46. The zero-order valence-electron chi connectivity index (χ0n) is 11.8. The summed E-state index contributed by atoms with van der Waals surface area (Å²) in [5, 5.41) is 9.29. The van der Waals surface area contributed by atoms with Crippen molar-refractivity contribution in [2.45, 2.75) is 44.4 Å². The molecule has 1 aromatic rings. The van der Waals surface area contributed by atoms with Gasteiger partial charge in [0.1, 0.15) is 11.8 Å². The van der Waals surface area contributed by atoms with E-state index in [2.05, 4.69) is 12.1 Å². The van der Waals surface area contributed by atoms with Crippen molar-refractivity contribution in [3.8, 4) is 11.8 Å². The highest BCUT2D eigenvalue weighted by atomic mass is 16.5. The average Bonchev–Trinajstić information content (AvgIpc) is 2.47. The first-order valence-corrected chi connectivity index (χ1v) is 6.96. The SMILES string of the molecule is COc1c(C)cc(C2(CN)CCCCC2)cc1C#N. The number of nitriles is 1. The molecule has 102 valence electrons. The molecule has 0 bridgehead atoms. The number of hydrogen-bond donors (Lipinski definition) is 1. The van der Waals surface area contributed by atoms with E-state index < -0.39 is 0 Å². The van der Waals surface area contributed by atoms with Crippen LogP contribution in [0.2, 0.25) is 0 Å². The maximum atomic E-state index is 9.29. The highest BCUT2D eigenvalue weighted by molar-refractivity contribution is 5.52. The summed E-state index contributed by atoms with van der Waals surface area (Å²) in [4.78, 5) is 0. The Morgan fingerprint density at radius 3 is 2.53 bits per heavy atom. The first kappa shape index (κ1) is 13.9. The normalized spacial score (nSPS) is 17.8. The van der Waals surface area contributed by atoms with Gasteiger partial charge in [0.2, 0.25) is 0 Å². The summed E-state index contributed by atoms with van der Waals surface area (Å²) in [5.41, 5.74) is 8.98. The number of nitrogens with zero attached hydrogens (tertiary/aromatic N) is 1. The second kappa shape index (κ2) is 5.63. The third-order valence-electron chi connectivity index (χ3n) is 4.41. The van der Waals surface area contributed by atoms with Crippen LogP contribution in [0.15, 0.2) is 12.1 Å². The van der Waals surface area contributed by atoms with Gasteiger partial charge in [-0.25, -0.2) is 0 Å². The smallest absolute Gasteiger partial charge is 0.139 e. The summed E-state index contributed by atoms with van der Waals surface area (Å²) in [6, 6.07) is 6.37. The van der Waals surface area contributed by atoms with Crippen molar-refractivity contribution >= 4 is 0 Å². The topological polar surface area (TPSA) is 59.0 Å². The molecule has 1 aliphatic rings. The third-order valence-corrected chi connectivity index (χ3v) is 4.41. The lowest BCUT2D eigenvalue weighted by atomic mass is 9.69. The molecule has 0 amide bonds. The van der Waals surface area contributed by atoms with Crippen molar-refractivity contribution in [2.24, 2.45) is 5.73 Å². The predicted octanol–water partition coefficient (Wildman–Crippen LogP) is 3.04. The minimum absolute atomic E-state index is 0.0564. The number of hydrogen-bond acceptors (Lipinski definition) is 3. The fourth-order valence-electron chi connectivity index (χ4n) is 3.27. The molecule has 1 aliphatic carbocycles. The Bertz CT molecular complexity index is 496. The quantitative estimate of drug-likeness (QED) is 0.906. The molecule has 0 unspecified atom stereocenters. The van der Waals surface area contributed by atoms with E-state index in [9.17, 15) is 5.26 Å². The molecule has 0 heterocycles. The summed E-state index contributed by atoms with van der Waals surface area (Å²) in [6.07, 6.45) is 6.00. The molecule has 0 aromatic heterocycles. The molecular formula is C16H22N2O. The van der Waals surface area contributed by atoms with Crippen molar-refractivity contribution in [1.29, 1.82) is 5.26 Å². The van der Waals surface area contributed by atoms with Gasteiger partial charge in [0.05, 0.1) is 12.7 Å². The van der Waals surface area contributed by atoms with E-state index in [0.29, 0.717) is 17.9 Å². The Kier molecular flexibility index (Phi) is 4.11. The molecule has 0 spiro atoms. The van der Waals surface area contributed by atoms with Gasteiger partial charge in [-0.05, 0) is 37.0 Å². The van der Waals surface area contributed by atoms with E-state index in [1.165, 1.54) is 24.8 Å². The number of benzene rings is 1. The summed E-state index contributed by atoms with van der Waals surface area (Å²) in [6.45, 7) is 2.65. The predicted molar refractivity (Wildman–Crippen MR) is 76.3 cm³/mol. The van der Waals surface area contributed by atoms with Crippen LogP contribution in [0, 0.1) is 18.3 Å². The monoisotopic (exact) mass is 258 g/mol. The first-order valence-electron chi connectivity index (χ1n) is 6.96. The molecule has 0 atom stereocenters. The van der Waals surface area contributed by atoms with E-state index in [0.717, 1.165) is 18.4 Å². The van der Waals surface area contributed by atoms with Crippen LogP contribution in [0.1, 0.15) is 48.8 Å². The van der Waals surface area contributed by atoms with Crippen LogP contribution in [0.3, 0.4) is 0 Å². The Balaban J connectivity index is 2.50. The highest BCUT2D eigenvalue weighted by Gasteiger charge is 2.33. The highest BCUT2D eigenvalue weighted by Crippen LogP contribution is 2.40. The maximum absolute atomic E-state index is 9.29. The Hall–Kier alpha value is -1.53. The fourth-order valence-corrected chi connectivity index (χ4v) is 3.27. The van der Waals surface area contributed by atoms with Crippen LogP contribution in [-0.4, -0.2) is 13.7 Å². The number of ether oxygens (including phenoxy) is 1. The lowest BCUT2D eigenvalue weighted by molar-refractivity contribution is 0.300. The van der Waals surface area contributed by atoms with Crippen molar-refractivity contribution in [1.82, 2.24) is 0 Å². The van der Waals surface area contributed by atoms with Gasteiger partial charge >= 0.3 is 0 Å². The van der Waals surface area contributed by atoms with E-state index in [-0.39, 0.29) is 5.41 Å². The van der Waals surface area contributed by atoms with Gasteiger partial charge < -0.3 is 10.5 Å². The van der Waals surface area contributed by atoms with Crippen LogP contribution in [0.5, 0.6) is 5.75 Å². The summed E-state index contributed by atoms with van der Waals surface area (Å²) in [5.74, 6) is 0.689. The van der Waals surface area contributed by atoms with Crippen LogP contribution >= 0.6 is 0 Å². The minimum Gasteiger partial charge on any atom is -0.495 e. The van der Waals surface area contributed by atoms with Gasteiger partial charge in [-0.1, -0.05) is 25.3 Å². The Morgan fingerprint density at radius 1 is 1.32 bits per heavy atom. The summed E-state index contributed by atoms with van der Waals surface area (Å²) < 4.78 is 5.32. The average molecular weight is 258 g/mol. The zero-order chi connectivity index (χ0) is 13.9. The molecule has 0 saturated heterocycles. The summed E-state index contributed by atoms with van der Waals surface area (Å²) in [7, 11) is 1.61. The van der Waals surface area contributed by atoms with Gasteiger partial charge in [0.25, 0.3) is 0 Å². The number of methoxy groups -OCH3 is 1. The molecule has 2 rings (SSSR count). The maximum Gasteiger partial charge on any atom is 0.139 e. The molecule has 2 N–H and O–H groups in total. The van der Waals surface area contributed by atoms with Crippen molar-refractivity contribution in [3.63, 3.8) is 0 Å². The minimum atomic E-state index is 0.0564. The van der Waals surface area contributed by atoms with Gasteiger partial charge in [-0.2, -0.15) is 5.26 Å². The van der Waals surface area contributed by atoms with E-state index in [1.807, 2.05) is 13.0 Å². The summed E-state index contributed by atoms with van der Waals surface area (Å²) >= 11 is 0. The largest absolute Gasteiger partial charge is 0.495 e. The van der Waals surface area contributed by atoms with E-state index in [1.54, 1.807) is 7.11 Å². The molecule has 1 fully saturated rings. The van der Waals surface area contributed by atoms with Gasteiger partial charge in [-0.3, -0.25) is 0 Å². The van der Waals surface area contributed by atoms with Gasteiger partial charge in [0, 0.05) is 12.0 Å². The molecule has 0 aliphatic heterocycles. The second-order valence-electron chi connectivity index (χ2n) is 5.53. The van der Waals surface area contributed by atoms with Crippen LogP contribution in [0.25, 0.3) is 0 Å². The lowest BCUT2D eigenvalue weighted by Gasteiger charge is -2.37. The van der Waals surface area contributed by atoms with Crippen LogP contribution in [0.4, 0.5) is 0 Å². The Morgan fingerprint density at radius 2 is 2.00 bits per heavy atom. The second-order valence-corrected chi connectivity index (χ2v) is 5.53. The number of nitrogens with two attached hydrogens (primary N) is 1. The molecule has 19 heavy (non-hydrogen) atoms. The molecule has 0 radical (unpaired) electrons. The van der Waals surface area contributed by atoms with E-state index in [4.69, 9.17) is 10.5 Å². The van der Waals surface area contributed by atoms with Crippen molar-refractivity contribution in [2.75, 3.05) is 13.7 Å². The van der Waals surface area contributed by atoms with Gasteiger partial charge in [-0.15, -0.1) is 0 Å². The first-order chi connectivity index (χ1) is 9.16. The fraction of sp³-hybridized carbons (Fsp3) is 0.562. The molecule has 3 heteroatoms. The van der Waals surface area contributed by atoms with Crippen LogP contribution < -0.4 is 10.5 Å². The lowest BCUT2D eigenvalue weighted by Crippen LogP contribution is -2.37. The number of rotatable bonds is 3. The Labute approximate surface area is 115 Å². The molecular weight excluding hydrogens is 236 g/mol. The molecule has 3 nitrogen and oxygen atoms in total. The van der Waals surface area contributed by atoms with Crippen molar-refractivity contribution < 1.29 is 4.74 Å². The molecule has 1 saturated carbocycles.